The number of hydrogen-bond donors (Lipinski definition) is 1. The molecule has 0 aromatic heterocycles. The van der Waals surface area contributed by atoms with Gasteiger partial charge in [0.15, 0.2) is 0 Å². The van der Waals surface area contributed by atoms with Crippen LogP contribution in [-0.4, -0.2) is 30.8 Å². The number of alkyl carbamates (subject to hydrolysis) is 1. The maximum atomic E-state index is 11.7. The fourth-order valence-corrected chi connectivity index (χ4v) is 1.88. The molecule has 0 heterocycles. The number of amides is 1. The van der Waals surface area contributed by atoms with Crippen molar-refractivity contribution in [2.24, 2.45) is 5.92 Å². The summed E-state index contributed by atoms with van der Waals surface area (Å²) in [6, 6.07) is -0.651. The number of nitrogens with one attached hydrogen (secondary N) is 1. The van der Waals surface area contributed by atoms with E-state index in [-0.39, 0.29) is 0 Å². The molecule has 0 spiro atoms. The molecule has 5 nitrogen and oxygen atoms in total. The number of esters is 1. The Hall–Kier alpha value is -1.26. The fraction of sp³-hybridized carbons (Fsp3) is 0.867. The van der Waals surface area contributed by atoms with Crippen LogP contribution in [-0.2, 0) is 14.3 Å². The fourth-order valence-electron chi connectivity index (χ4n) is 1.88. The lowest BCUT2D eigenvalue weighted by molar-refractivity contribution is -0.143. The Balaban J connectivity index is 4.49. The molecule has 20 heavy (non-hydrogen) atoms. The summed E-state index contributed by atoms with van der Waals surface area (Å²) >= 11 is 0. The number of rotatable bonds is 7. The van der Waals surface area contributed by atoms with E-state index in [0.717, 1.165) is 19.3 Å². The van der Waals surface area contributed by atoms with E-state index in [2.05, 4.69) is 19.2 Å². The summed E-state index contributed by atoms with van der Waals surface area (Å²) in [6.07, 6.45) is 3.23. The topological polar surface area (TPSA) is 64.6 Å². The first kappa shape index (κ1) is 18.7. The zero-order chi connectivity index (χ0) is 15.8. The molecule has 0 rings (SSSR count). The van der Waals surface area contributed by atoms with Gasteiger partial charge < -0.3 is 14.8 Å². The van der Waals surface area contributed by atoms with Gasteiger partial charge in [-0.2, -0.15) is 0 Å². The number of ether oxygens (including phenoxy) is 2. The molecule has 0 unspecified atom stereocenters. The standard InChI is InChI=1S/C15H29NO4/c1-7-8-9-11(2)10-12(13(17)19-6)16-14(18)20-15(3,4)5/h11-12H,7-10H2,1-6H3,(H,16,18)/t11-,12+/m1/s1. The average molecular weight is 287 g/mol. The van der Waals surface area contributed by atoms with E-state index in [9.17, 15) is 9.59 Å². The Labute approximate surface area is 122 Å². The van der Waals surface area contributed by atoms with Crippen molar-refractivity contribution in [2.75, 3.05) is 7.11 Å². The highest BCUT2D eigenvalue weighted by atomic mass is 16.6. The van der Waals surface area contributed by atoms with Crippen LogP contribution in [0.1, 0.15) is 60.3 Å². The number of unbranched alkanes of at least 4 members (excludes halogenated alkanes) is 1. The zero-order valence-electron chi connectivity index (χ0n) is 13.6. The average Bonchev–Trinajstić information content (AvgIpc) is 2.32. The summed E-state index contributed by atoms with van der Waals surface area (Å²) in [7, 11) is 1.32. The Kier molecular flexibility index (Phi) is 8.26. The van der Waals surface area contributed by atoms with Crippen molar-refractivity contribution in [3.63, 3.8) is 0 Å². The lowest BCUT2D eigenvalue weighted by atomic mass is 9.96. The Morgan fingerprint density at radius 2 is 1.85 bits per heavy atom. The molecule has 0 fully saturated rings. The van der Waals surface area contributed by atoms with Crippen molar-refractivity contribution in [3.05, 3.63) is 0 Å². The number of carbonyl (C=O) groups is 2. The summed E-state index contributed by atoms with van der Waals surface area (Å²) in [5, 5.41) is 2.60. The Bertz CT molecular complexity index is 309. The first-order valence-electron chi connectivity index (χ1n) is 7.27. The van der Waals surface area contributed by atoms with Crippen LogP contribution >= 0.6 is 0 Å². The van der Waals surface area contributed by atoms with Gasteiger partial charge in [-0.25, -0.2) is 9.59 Å². The van der Waals surface area contributed by atoms with Crippen molar-refractivity contribution in [3.8, 4) is 0 Å². The SMILES string of the molecule is CCCC[C@@H](C)C[C@H](NC(=O)OC(C)(C)C)C(=O)OC. The third kappa shape index (κ3) is 8.77. The summed E-state index contributed by atoms with van der Waals surface area (Å²) in [5.41, 5.74) is -0.585. The lowest BCUT2D eigenvalue weighted by Gasteiger charge is -2.24. The highest BCUT2D eigenvalue weighted by molar-refractivity contribution is 5.81. The van der Waals surface area contributed by atoms with Crippen LogP contribution in [0.5, 0.6) is 0 Å². The van der Waals surface area contributed by atoms with Gasteiger partial charge in [0.2, 0.25) is 0 Å². The van der Waals surface area contributed by atoms with Gasteiger partial charge in [0.1, 0.15) is 11.6 Å². The first-order valence-corrected chi connectivity index (χ1v) is 7.27. The Morgan fingerprint density at radius 3 is 2.30 bits per heavy atom. The van der Waals surface area contributed by atoms with E-state index in [1.54, 1.807) is 20.8 Å². The molecule has 0 radical (unpaired) electrons. The van der Waals surface area contributed by atoms with Gasteiger partial charge in [0, 0.05) is 0 Å². The number of methoxy groups -OCH3 is 1. The van der Waals surface area contributed by atoms with E-state index in [1.165, 1.54) is 7.11 Å². The predicted octanol–water partition coefficient (Wildman–Crippen LogP) is 3.27. The smallest absolute Gasteiger partial charge is 0.408 e. The predicted molar refractivity (Wildman–Crippen MR) is 78.5 cm³/mol. The van der Waals surface area contributed by atoms with E-state index in [4.69, 9.17) is 9.47 Å². The minimum atomic E-state index is -0.651. The molecule has 5 heteroatoms. The molecular weight excluding hydrogens is 258 g/mol. The molecule has 1 N–H and O–H groups in total. The summed E-state index contributed by atoms with van der Waals surface area (Å²) < 4.78 is 9.91. The first-order chi connectivity index (χ1) is 9.19. The Morgan fingerprint density at radius 1 is 1.25 bits per heavy atom. The van der Waals surface area contributed by atoms with Gasteiger partial charge in [0.25, 0.3) is 0 Å². The lowest BCUT2D eigenvalue weighted by Crippen LogP contribution is -2.44. The molecule has 118 valence electrons. The highest BCUT2D eigenvalue weighted by Gasteiger charge is 2.26. The van der Waals surface area contributed by atoms with E-state index in [1.807, 2.05) is 0 Å². The van der Waals surface area contributed by atoms with E-state index in [0.29, 0.717) is 12.3 Å². The second-order valence-corrected chi connectivity index (χ2v) is 6.21. The largest absolute Gasteiger partial charge is 0.467 e. The molecule has 0 bridgehead atoms. The minimum absolute atomic E-state index is 0.342. The molecule has 0 aliphatic rings. The summed E-state index contributed by atoms with van der Waals surface area (Å²) in [5.74, 6) is -0.0896. The van der Waals surface area contributed by atoms with Crippen molar-refractivity contribution in [1.29, 1.82) is 0 Å². The number of hydrogen-bond acceptors (Lipinski definition) is 4. The van der Waals surface area contributed by atoms with Crippen molar-refractivity contribution in [1.82, 2.24) is 5.32 Å². The van der Waals surface area contributed by atoms with Crippen LogP contribution < -0.4 is 5.32 Å². The van der Waals surface area contributed by atoms with Gasteiger partial charge in [-0.05, 0) is 33.1 Å². The van der Waals surface area contributed by atoms with Gasteiger partial charge in [-0.1, -0.05) is 33.1 Å². The molecule has 0 aliphatic heterocycles. The van der Waals surface area contributed by atoms with Crippen LogP contribution in [0.2, 0.25) is 0 Å². The van der Waals surface area contributed by atoms with Gasteiger partial charge in [-0.3, -0.25) is 0 Å². The second kappa shape index (κ2) is 8.82. The van der Waals surface area contributed by atoms with Crippen LogP contribution in [0.25, 0.3) is 0 Å². The van der Waals surface area contributed by atoms with E-state index < -0.39 is 23.7 Å². The summed E-state index contributed by atoms with van der Waals surface area (Å²) in [6.45, 7) is 9.54. The molecular formula is C15H29NO4. The molecule has 0 saturated heterocycles. The van der Waals surface area contributed by atoms with E-state index >= 15 is 0 Å². The molecule has 2 atom stereocenters. The van der Waals surface area contributed by atoms with Crippen LogP contribution in [0.4, 0.5) is 4.79 Å². The third-order valence-electron chi connectivity index (χ3n) is 2.87. The van der Waals surface area contributed by atoms with Crippen molar-refractivity contribution < 1.29 is 19.1 Å². The molecule has 0 aromatic carbocycles. The monoisotopic (exact) mass is 287 g/mol. The molecule has 1 amide bonds. The molecule has 0 saturated carbocycles. The highest BCUT2D eigenvalue weighted by Crippen LogP contribution is 2.15. The minimum Gasteiger partial charge on any atom is -0.467 e. The third-order valence-corrected chi connectivity index (χ3v) is 2.87. The van der Waals surface area contributed by atoms with Crippen LogP contribution in [0, 0.1) is 5.92 Å². The number of carbonyl (C=O) groups excluding carboxylic acids is 2. The maximum absolute atomic E-state index is 11.7. The van der Waals surface area contributed by atoms with Gasteiger partial charge in [-0.15, -0.1) is 0 Å². The van der Waals surface area contributed by atoms with Crippen molar-refractivity contribution >= 4 is 12.1 Å². The van der Waals surface area contributed by atoms with Crippen LogP contribution in [0.3, 0.4) is 0 Å². The maximum Gasteiger partial charge on any atom is 0.408 e. The summed E-state index contributed by atoms with van der Waals surface area (Å²) in [4.78, 5) is 23.5. The normalized spacial score (nSPS) is 14.3. The zero-order valence-corrected chi connectivity index (χ0v) is 13.6. The van der Waals surface area contributed by atoms with Gasteiger partial charge >= 0.3 is 12.1 Å². The molecule has 0 aromatic rings. The van der Waals surface area contributed by atoms with Crippen LogP contribution in [0.15, 0.2) is 0 Å². The molecule has 0 aliphatic carbocycles. The van der Waals surface area contributed by atoms with Crippen molar-refractivity contribution in [2.45, 2.75) is 71.9 Å². The quantitative estimate of drug-likeness (QED) is 0.730. The van der Waals surface area contributed by atoms with Gasteiger partial charge in [0.05, 0.1) is 7.11 Å². The second-order valence-electron chi connectivity index (χ2n) is 6.21.